The zero-order chi connectivity index (χ0) is 18.2. The Morgan fingerprint density at radius 2 is 2.00 bits per heavy atom. The lowest BCUT2D eigenvalue weighted by Gasteiger charge is -2.12. The van der Waals surface area contributed by atoms with Crippen molar-refractivity contribution in [3.63, 3.8) is 0 Å². The topological polar surface area (TPSA) is 62.6 Å². The molecule has 2 rings (SSSR count). The number of nitriles is 1. The van der Waals surface area contributed by atoms with Crippen LogP contribution in [-0.2, 0) is 14.3 Å². The highest BCUT2D eigenvalue weighted by atomic mass is 16.5. The molecule has 1 aromatic carbocycles. The second kappa shape index (κ2) is 8.55. The number of benzene rings is 1. The minimum Gasteiger partial charge on any atom is -0.465 e. The first-order valence-corrected chi connectivity index (χ1v) is 7.87. The number of carbonyl (C=O) groups excluding carboxylic acids is 1. The molecule has 5 nitrogen and oxygen atoms in total. The highest BCUT2D eigenvalue weighted by molar-refractivity contribution is 5.95. The first-order chi connectivity index (χ1) is 12.0. The van der Waals surface area contributed by atoms with Gasteiger partial charge in [0.2, 0.25) is 0 Å². The fourth-order valence-corrected chi connectivity index (χ4v) is 2.16. The van der Waals surface area contributed by atoms with Crippen LogP contribution >= 0.6 is 0 Å². The van der Waals surface area contributed by atoms with Gasteiger partial charge < -0.3 is 14.4 Å². The van der Waals surface area contributed by atoms with Gasteiger partial charge in [-0.1, -0.05) is 18.2 Å². The third-order valence-corrected chi connectivity index (χ3v) is 3.48. The van der Waals surface area contributed by atoms with E-state index in [4.69, 9.17) is 9.47 Å². The van der Waals surface area contributed by atoms with Gasteiger partial charge in [0.15, 0.2) is 0 Å². The van der Waals surface area contributed by atoms with Gasteiger partial charge in [0.25, 0.3) is 0 Å². The lowest BCUT2D eigenvalue weighted by molar-refractivity contribution is -0.138. The van der Waals surface area contributed by atoms with Crippen molar-refractivity contribution in [1.82, 2.24) is 0 Å². The van der Waals surface area contributed by atoms with Crippen LogP contribution < -0.4 is 4.90 Å². The average Bonchev–Trinajstić information content (AvgIpc) is 2.61. The van der Waals surface area contributed by atoms with Crippen LogP contribution in [0.15, 0.2) is 65.7 Å². The average molecular weight is 336 g/mol. The molecule has 1 aromatic rings. The molecule has 1 heterocycles. The Kier molecular flexibility index (Phi) is 6.19. The van der Waals surface area contributed by atoms with Crippen molar-refractivity contribution in [3.8, 4) is 6.07 Å². The Morgan fingerprint density at radius 1 is 1.28 bits per heavy atom. The molecule has 5 heteroatoms. The molecule has 0 saturated carbocycles. The molecule has 0 saturated heterocycles. The van der Waals surface area contributed by atoms with Crippen molar-refractivity contribution >= 4 is 17.7 Å². The minimum absolute atomic E-state index is 0.0392. The van der Waals surface area contributed by atoms with Crippen LogP contribution in [0.2, 0.25) is 0 Å². The van der Waals surface area contributed by atoms with Crippen LogP contribution in [0.3, 0.4) is 0 Å². The molecular weight excluding hydrogens is 316 g/mol. The standard InChI is InChI=1S/C20H20N2O3/c1-4-24-20(23)19(14-21)16-11-12-25-18(13-16)10-7-15-5-8-17(9-6-15)22(2)3/h5-13H,4H2,1-3H3/b10-7+,19-16-. The van der Waals surface area contributed by atoms with Gasteiger partial charge in [-0.3, -0.25) is 0 Å². The minimum atomic E-state index is -0.634. The predicted octanol–water partition coefficient (Wildman–Crippen LogP) is 3.58. The molecule has 128 valence electrons. The van der Waals surface area contributed by atoms with E-state index in [2.05, 4.69) is 0 Å². The van der Waals surface area contributed by atoms with Gasteiger partial charge >= 0.3 is 5.97 Å². The Morgan fingerprint density at radius 3 is 2.60 bits per heavy atom. The fourth-order valence-electron chi connectivity index (χ4n) is 2.16. The smallest absolute Gasteiger partial charge is 0.349 e. The summed E-state index contributed by atoms with van der Waals surface area (Å²) in [4.78, 5) is 13.8. The Balaban J connectivity index is 2.20. The SMILES string of the molecule is CCOC(=O)/C(C#N)=C1/C=COC(/C=C/c2ccc(N(C)C)cc2)=C1. The quantitative estimate of drug-likeness (QED) is 0.467. The Labute approximate surface area is 147 Å². The zero-order valence-corrected chi connectivity index (χ0v) is 14.5. The highest BCUT2D eigenvalue weighted by Gasteiger charge is 2.16. The second-order valence-corrected chi connectivity index (χ2v) is 5.45. The normalized spacial score (nSPS) is 15.2. The van der Waals surface area contributed by atoms with E-state index in [0.29, 0.717) is 11.3 Å². The molecule has 0 aromatic heterocycles. The molecule has 1 aliphatic heterocycles. The number of carbonyl (C=O) groups is 1. The van der Waals surface area contributed by atoms with Crippen molar-refractivity contribution in [3.05, 3.63) is 71.2 Å². The molecule has 0 radical (unpaired) electrons. The summed E-state index contributed by atoms with van der Waals surface area (Å²) in [5.74, 6) is -0.100. The molecule has 0 atom stereocenters. The number of nitrogens with zero attached hydrogens (tertiary/aromatic N) is 2. The molecular formula is C20H20N2O3. The fraction of sp³-hybridized carbons (Fsp3) is 0.200. The molecule has 0 spiro atoms. The highest BCUT2D eigenvalue weighted by Crippen LogP contribution is 2.20. The number of allylic oxidation sites excluding steroid dienone is 4. The van der Waals surface area contributed by atoms with E-state index in [-0.39, 0.29) is 12.2 Å². The molecule has 0 fully saturated rings. The summed E-state index contributed by atoms with van der Waals surface area (Å²) >= 11 is 0. The Hall–Kier alpha value is -3.26. The van der Waals surface area contributed by atoms with E-state index in [1.807, 2.05) is 55.4 Å². The van der Waals surface area contributed by atoms with Crippen molar-refractivity contribution in [2.75, 3.05) is 25.6 Å². The number of esters is 1. The number of ether oxygens (including phenoxy) is 2. The summed E-state index contributed by atoms with van der Waals surface area (Å²) < 4.78 is 10.3. The van der Waals surface area contributed by atoms with Crippen molar-refractivity contribution in [2.24, 2.45) is 0 Å². The molecule has 0 aliphatic carbocycles. The molecule has 1 aliphatic rings. The maximum absolute atomic E-state index is 11.8. The summed E-state index contributed by atoms with van der Waals surface area (Å²) in [5.41, 5.74) is 2.56. The first-order valence-electron chi connectivity index (χ1n) is 7.87. The van der Waals surface area contributed by atoms with Crippen LogP contribution in [0.25, 0.3) is 6.08 Å². The number of hydrogen-bond donors (Lipinski definition) is 0. The van der Waals surface area contributed by atoms with Gasteiger partial charge in [0.05, 0.1) is 12.9 Å². The third-order valence-electron chi connectivity index (χ3n) is 3.48. The van der Waals surface area contributed by atoms with Crippen molar-refractivity contribution in [2.45, 2.75) is 6.92 Å². The molecule has 0 unspecified atom stereocenters. The van der Waals surface area contributed by atoms with Gasteiger partial charge in [-0.2, -0.15) is 5.26 Å². The lowest BCUT2D eigenvalue weighted by Crippen LogP contribution is -2.09. The third kappa shape index (κ3) is 4.85. The monoisotopic (exact) mass is 336 g/mol. The lowest BCUT2D eigenvalue weighted by atomic mass is 10.1. The largest absolute Gasteiger partial charge is 0.465 e. The van der Waals surface area contributed by atoms with Crippen LogP contribution in [0, 0.1) is 11.3 Å². The number of anilines is 1. The maximum Gasteiger partial charge on any atom is 0.349 e. The van der Waals surface area contributed by atoms with Crippen LogP contribution in [-0.4, -0.2) is 26.7 Å². The van der Waals surface area contributed by atoms with E-state index in [1.165, 1.54) is 6.26 Å². The molecule has 25 heavy (non-hydrogen) atoms. The van der Waals surface area contributed by atoms with Gasteiger partial charge in [0.1, 0.15) is 17.4 Å². The summed E-state index contributed by atoms with van der Waals surface area (Å²) in [6.07, 6.45) is 8.34. The zero-order valence-electron chi connectivity index (χ0n) is 14.5. The van der Waals surface area contributed by atoms with Gasteiger partial charge in [0, 0.05) is 25.4 Å². The first kappa shape index (κ1) is 18.1. The van der Waals surface area contributed by atoms with E-state index in [1.54, 1.807) is 25.2 Å². The van der Waals surface area contributed by atoms with E-state index >= 15 is 0 Å². The van der Waals surface area contributed by atoms with Crippen LogP contribution in [0.5, 0.6) is 0 Å². The summed E-state index contributed by atoms with van der Waals surface area (Å²) in [6.45, 7) is 1.92. The van der Waals surface area contributed by atoms with Crippen molar-refractivity contribution in [1.29, 1.82) is 5.26 Å². The maximum atomic E-state index is 11.8. The van der Waals surface area contributed by atoms with Gasteiger partial charge in [-0.15, -0.1) is 0 Å². The summed E-state index contributed by atoms with van der Waals surface area (Å²) in [6, 6.07) is 9.94. The van der Waals surface area contributed by atoms with Gasteiger partial charge in [-0.05, 0) is 42.8 Å². The molecule has 0 bridgehead atoms. The van der Waals surface area contributed by atoms with E-state index in [9.17, 15) is 10.1 Å². The summed E-state index contributed by atoms with van der Waals surface area (Å²) in [5, 5.41) is 9.21. The van der Waals surface area contributed by atoms with Crippen LogP contribution in [0.1, 0.15) is 12.5 Å². The predicted molar refractivity (Wildman–Crippen MR) is 97.4 cm³/mol. The molecule has 0 N–H and O–H groups in total. The number of rotatable bonds is 5. The molecule has 0 amide bonds. The van der Waals surface area contributed by atoms with Crippen molar-refractivity contribution < 1.29 is 14.3 Å². The second-order valence-electron chi connectivity index (χ2n) is 5.45. The Bertz CT molecular complexity index is 791. The van der Waals surface area contributed by atoms with Gasteiger partial charge in [-0.25, -0.2) is 4.79 Å². The van der Waals surface area contributed by atoms with E-state index < -0.39 is 5.97 Å². The summed E-state index contributed by atoms with van der Waals surface area (Å²) in [7, 11) is 3.98. The number of hydrogen-bond acceptors (Lipinski definition) is 5. The van der Waals surface area contributed by atoms with Crippen LogP contribution in [0.4, 0.5) is 5.69 Å². The van der Waals surface area contributed by atoms with E-state index in [0.717, 1.165) is 11.3 Å².